The first kappa shape index (κ1) is 9.96. The van der Waals surface area contributed by atoms with Crippen molar-refractivity contribution in [2.45, 2.75) is 6.54 Å². The highest BCUT2D eigenvalue weighted by molar-refractivity contribution is 14.1. The van der Waals surface area contributed by atoms with Crippen LogP contribution in [0.4, 0.5) is 0 Å². The van der Waals surface area contributed by atoms with Gasteiger partial charge >= 0.3 is 0 Å². The second-order valence-corrected chi connectivity index (χ2v) is 4.26. The standard InChI is InChI=1S/C8H6BrIN2/c9-7-1-6(4-12)8(10)2-5(7)3-11/h1-2H,4,12H2. The van der Waals surface area contributed by atoms with E-state index in [1.807, 2.05) is 12.1 Å². The summed E-state index contributed by atoms with van der Waals surface area (Å²) in [5.41, 5.74) is 7.21. The fourth-order valence-corrected chi connectivity index (χ4v) is 2.00. The highest BCUT2D eigenvalue weighted by Gasteiger charge is 2.04. The Morgan fingerprint density at radius 2 is 2.25 bits per heavy atom. The summed E-state index contributed by atoms with van der Waals surface area (Å²) < 4.78 is 1.85. The monoisotopic (exact) mass is 336 g/mol. The fraction of sp³-hybridized carbons (Fsp3) is 0.125. The maximum atomic E-state index is 8.69. The molecule has 1 aromatic carbocycles. The van der Waals surface area contributed by atoms with E-state index in [2.05, 4.69) is 44.6 Å². The Kier molecular flexibility index (Phi) is 3.50. The molecule has 0 radical (unpaired) electrons. The van der Waals surface area contributed by atoms with Crippen molar-refractivity contribution in [2.24, 2.45) is 5.73 Å². The molecule has 0 amide bonds. The van der Waals surface area contributed by atoms with Crippen LogP contribution in [0.2, 0.25) is 0 Å². The number of benzene rings is 1. The minimum atomic E-state index is 0.503. The molecule has 0 heterocycles. The van der Waals surface area contributed by atoms with Crippen LogP contribution in [0.5, 0.6) is 0 Å². The summed E-state index contributed by atoms with van der Waals surface area (Å²) in [6, 6.07) is 5.81. The van der Waals surface area contributed by atoms with Crippen molar-refractivity contribution in [1.82, 2.24) is 0 Å². The van der Waals surface area contributed by atoms with E-state index in [4.69, 9.17) is 11.0 Å². The summed E-state index contributed by atoms with van der Waals surface area (Å²) in [4.78, 5) is 0. The normalized spacial score (nSPS) is 9.50. The highest BCUT2D eigenvalue weighted by atomic mass is 127. The lowest BCUT2D eigenvalue weighted by atomic mass is 10.1. The Hall–Kier alpha value is -0.120. The molecule has 0 unspecified atom stereocenters. The van der Waals surface area contributed by atoms with E-state index in [-0.39, 0.29) is 0 Å². The van der Waals surface area contributed by atoms with Gasteiger partial charge in [0, 0.05) is 14.6 Å². The number of halogens is 2. The predicted octanol–water partition coefficient (Wildman–Crippen LogP) is 2.38. The average Bonchev–Trinajstić information content (AvgIpc) is 2.08. The molecule has 0 saturated carbocycles. The van der Waals surface area contributed by atoms with Gasteiger partial charge in [-0.2, -0.15) is 5.26 Å². The van der Waals surface area contributed by atoms with E-state index in [1.165, 1.54) is 0 Å². The van der Waals surface area contributed by atoms with Crippen LogP contribution < -0.4 is 5.73 Å². The molecule has 0 aliphatic carbocycles. The lowest BCUT2D eigenvalue weighted by Crippen LogP contribution is -1.99. The number of nitrogens with zero attached hydrogens (tertiary/aromatic N) is 1. The summed E-state index contributed by atoms with van der Waals surface area (Å²) in [7, 11) is 0. The van der Waals surface area contributed by atoms with Gasteiger partial charge < -0.3 is 5.73 Å². The fourth-order valence-electron chi connectivity index (χ4n) is 0.830. The molecule has 0 spiro atoms. The van der Waals surface area contributed by atoms with Gasteiger partial charge in [-0.05, 0) is 56.2 Å². The molecular weight excluding hydrogens is 331 g/mol. The van der Waals surface area contributed by atoms with Gasteiger partial charge in [0.15, 0.2) is 0 Å². The average molecular weight is 337 g/mol. The van der Waals surface area contributed by atoms with Crippen molar-refractivity contribution in [3.8, 4) is 6.07 Å². The van der Waals surface area contributed by atoms with Crippen molar-refractivity contribution in [3.05, 3.63) is 31.3 Å². The van der Waals surface area contributed by atoms with E-state index in [1.54, 1.807) is 0 Å². The van der Waals surface area contributed by atoms with Gasteiger partial charge in [-0.3, -0.25) is 0 Å². The summed E-state index contributed by atoms with van der Waals surface area (Å²) in [6.45, 7) is 0.503. The van der Waals surface area contributed by atoms with Gasteiger partial charge in [0.2, 0.25) is 0 Å². The summed E-state index contributed by atoms with van der Waals surface area (Å²) in [6.07, 6.45) is 0. The molecule has 0 atom stereocenters. The van der Waals surface area contributed by atoms with E-state index < -0.39 is 0 Å². The third-order valence-corrected chi connectivity index (χ3v) is 3.14. The zero-order chi connectivity index (χ0) is 9.14. The zero-order valence-corrected chi connectivity index (χ0v) is 9.89. The number of hydrogen-bond donors (Lipinski definition) is 1. The number of nitriles is 1. The van der Waals surface area contributed by atoms with Crippen LogP contribution in [0, 0.1) is 14.9 Å². The van der Waals surface area contributed by atoms with E-state index in [9.17, 15) is 0 Å². The summed E-state index contributed by atoms with van der Waals surface area (Å²) in [5.74, 6) is 0. The minimum absolute atomic E-state index is 0.503. The smallest absolute Gasteiger partial charge is 0.100 e. The van der Waals surface area contributed by atoms with Crippen LogP contribution in [0.3, 0.4) is 0 Å². The molecule has 12 heavy (non-hydrogen) atoms. The molecular formula is C8H6BrIN2. The number of nitrogens with two attached hydrogens (primary N) is 1. The van der Waals surface area contributed by atoms with Crippen LogP contribution in [0.1, 0.15) is 11.1 Å². The Bertz CT molecular complexity index is 343. The second-order valence-electron chi connectivity index (χ2n) is 2.24. The van der Waals surface area contributed by atoms with Crippen LogP contribution >= 0.6 is 38.5 Å². The molecule has 1 rings (SSSR count). The largest absolute Gasteiger partial charge is 0.326 e. The molecule has 0 aromatic heterocycles. The molecule has 2 nitrogen and oxygen atoms in total. The zero-order valence-electron chi connectivity index (χ0n) is 6.14. The molecule has 0 aliphatic heterocycles. The molecule has 0 aliphatic rings. The van der Waals surface area contributed by atoms with Gasteiger partial charge in [0.25, 0.3) is 0 Å². The topological polar surface area (TPSA) is 49.8 Å². The van der Waals surface area contributed by atoms with E-state index in [0.29, 0.717) is 12.1 Å². The quantitative estimate of drug-likeness (QED) is 0.800. The van der Waals surface area contributed by atoms with Gasteiger partial charge in [-0.25, -0.2) is 0 Å². The molecule has 0 saturated heterocycles. The maximum absolute atomic E-state index is 8.69. The maximum Gasteiger partial charge on any atom is 0.100 e. The molecule has 0 bridgehead atoms. The minimum Gasteiger partial charge on any atom is -0.326 e. The third-order valence-electron chi connectivity index (χ3n) is 1.48. The third kappa shape index (κ3) is 1.97. The van der Waals surface area contributed by atoms with E-state index in [0.717, 1.165) is 13.6 Å². The first-order valence-corrected chi connectivity index (χ1v) is 5.14. The van der Waals surface area contributed by atoms with Crippen molar-refractivity contribution < 1.29 is 0 Å². The Balaban J connectivity index is 3.28. The van der Waals surface area contributed by atoms with Gasteiger partial charge in [-0.15, -0.1) is 0 Å². The lowest BCUT2D eigenvalue weighted by Gasteiger charge is -2.02. The van der Waals surface area contributed by atoms with Crippen molar-refractivity contribution >= 4 is 38.5 Å². The molecule has 4 heteroatoms. The van der Waals surface area contributed by atoms with Crippen LogP contribution in [0.15, 0.2) is 16.6 Å². The second kappa shape index (κ2) is 4.21. The highest BCUT2D eigenvalue weighted by Crippen LogP contribution is 2.22. The van der Waals surface area contributed by atoms with Crippen LogP contribution in [0.25, 0.3) is 0 Å². The van der Waals surface area contributed by atoms with Gasteiger partial charge in [0.05, 0.1) is 5.56 Å². The molecule has 2 N–H and O–H groups in total. The molecule has 62 valence electrons. The number of rotatable bonds is 1. The van der Waals surface area contributed by atoms with Gasteiger partial charge in [-0.1, -0.05) is 0 Å². The predicted molar refractivity (Wildman–Crippen MR) is 59.5 cm³/mol. The first-order chi connectivity index (χ1) is 5.69. The van der Waals surface area contributed by atoms with Crippen molar-refractivity contribution in [1.29, 1.82) is 5.26 Å². The van der Waals surface area contributed by atoms with Crippen molar-refractivity contribution in [3.63, 3.8) is 0 Å². The lowest BCUT2D eigenvalue weighted by molar-refractivity contribution is 1.06. The van der Waals surface area contributed by atoms with Crippen LogP contribution in [-0.4, -0.2) is 0 Å². The summed E-state index contributed by atoms with van der Waals surface area (Å²) in [5, 5.41) is 8.69. The molecule has 0 fully saturated rings. The Morgan fingerprint density at radius 3 is 2.75 bits per heavy atom. The van der Waals surface area contributed by atoms with Gasteiger partial charge in [0.1, 0.15) is 6.07 Å². The SMILES string of the molecule is N#Cc1cc(I)c(CN)cc1Br. The first-order valence-electron chi connectivity index (χ1n) is 3.27. The number of hydrogen-bond acceptors (Lipinski definition) is 2. The van der Waals surface area contributed by atoms with Crippen LogP contribution in [-0.2, 0) is 6.54 Å². The molecule has 1 aromatic rings. The van der Waals surface area contributed by atoms with E-state index >= 15 is 0 Å². The Morgan fingerprint density at radius 1 is 1.58 bits per heavy atom. The van der Waals surface area contributed by atoms with Crippen molar-refractivity contribution in [2.75, 3.05) is 0 Å². The Labute approximate surface area is 93.0 Å². The summed E-state index contributed by atoms with van der Waals surface area (Å²) >= 11 is 5.47.